The van der Waals surface area contributed by atoms with E-state index in [1.54, 1.807) is 6.92 Å². The maximum Gasteiger partial charge on any atom is 0.425 e. The summed E-state index contributed by atoms with van der Waals surface area (Å²) in [7, 11) is 0. The van der Waals surface area contributed by atoms with Gasteiger partial charge in [0.25, 0.3) is 6.10 Å². The Hall–Kier alpha value is -0.780. The molecule has 0 fully saturated rings. The third kappa shape index (κ3) is 5.95. The van der Waals surface area contributed by atoms with Crippen molar-refractivity contribution in [3.63, 3.8) is 0 Å². The van der Waals surface area contributed by atoms with E-state index in [1.807, 2.05) is 6.92 Å². The zero-order valence-electron chi connectivity index (χ0n) is 9.47. The summed E-state index contributed by atoms with van der Waals surface area (Å²) in [6.07, 6.45) is -5.46. The lowest BCUT2D eigenvalue weighted by molar-refractivity contribution is -0.230. The molecule has 1 atom stereocenters. The highest BCUT2D eigenvalue weighted by Crippen LogP contribution is 2.24. The van der Waals surface area contributed by atoms with E-state index in [2.05, 4.69) is 9.47 Å². The van der Waals surface area contributed by atoms with Gasteiger partial charge >= 0.3 is 12.1 Å². The van der Waals surface area contributed by atoms with Crippen LogP contribution >= 0.6 is 0 Å². The van der Waals surface area contributed by atoms with Crippen LogP contribution in [0.1, 0.15) is 33.1 Å². The predicted octanol–water partition coefficient (Wildman–Crippen LogP) is 2.69. The molecule has 0 aliphatic carbocycles. The number of esters is 1. The zero-order valence-corrected chi connectivity index (χ0v) is 9.47. The number of rotatable bonds is 7. The molecule has 0 saturated heterocycles. The molecular formula is C10H17F3O3. The summed E-state index contributed by atoms with van der Waals surface area (Å²) in [5.74, 6) is -1.35. The Labute approximate surface area is 92.9 Å². The van der Waals surface area contributed by atoms with Gasteiger partial charge in [-0.25, -0.2) is 4.79 Å². The van der Waals surface area contributed by atoms with Crippen LogP contribution in [0, 0.1) is 0 Å². The average molecular weight is 242 g/mol. The number of carbonyl (C=O) groups is 1. The van der Waals surface area contributed by atoms with Crippen LogP contribution in [0.2, 0.25) is 0 Å². The normalized spacial score (nSPS) is 13.6. The van der Waals surface area contributed by atoms with Crippen molar-refractivity contribution in [3.05, 3.63) is 0 Å². The van der Waals surface area contributed by atoms with Gasteiger partial charge in [-0.05, 0) is 12.8 Å². The Morgan fingerprint density at radius 1 is 1.19 bits per heavy atom. The molecule has 0 amide bonds. The van der Waals surface area contributed by atoms with Gasteiger partial charge in [0.05, 0.1) is 6.61 Å². The number of halogens is 3. The van der Waals surface area contributed by atoms with E-state index in [1.165, 1.54) is 0 Å². The lowest BCUT2D eigenvalue weighted by atomic mass is 10.3. The summed E-state index contributed by atoms with van der Waals surface area (Å²) in [6, 6.07) is 0. The van der Waals surface area contributed by atoms with Gasteiger partial charge in [-0.3, -0.25) is 0 Å². The molecule has 0 rings (SSSR count). The van der Waals surface area contributed by atoms with E-state index >= 15 is 0 Å². The Bertz CT molecular complexity index is 204. The molecule has 0 saturated carbocycles. The summed E-state index contributed by atoms with van der Waals surface area (Å²) < 4.78 is 46.1. The maximum atomic E-state index is 12.4. The lowest BCUT2D eigenvalue weighted by Gasteiger charge is -2.18. The molecule has 96 valence electrons. The molecule has 16 heavy (non-hydrogen) atoms. The summed E-state index contributed by atoms with van der Waals surface area (Å²) in [6.45, 7) is 3.39. The zero-order chi connectivity index (χ0) is 12.6. The third-order valence-corrected chi connectivity index (χ3v) is 1.74. The molecule has 0 aliphatic rings. The van der Waals surface area contributed by atoms with Crippen LogP contribution in [0.25, 0.3) is 0 Å². The van der Waals surface area contributed by atoms with Crippen LogP contribution in [-0.4, -0.2) is 31.5 Å². The molecule has 0 aromatic rings. The standard InChI is InChI=1S/C10H17F3O3/c1-3-5-7-16-9(14)8(10(11,12)13)15-6-4-2/h8H,3-7H2,1-2H3. The Kier molecular flexibility index (Phi) is 7.12. The first kappa shape index (κ1) is 15.2. The van der Waals surface area contributed by atoms with Crippen molar-refractivity contribution >= 4 is 5.97 Å². The van der Waals surface area contributed by atoms with Gasteiger partial charge in [-0.15, -0.1) is 0 Å². The number of unbranched alkanes of at least 4 members (excludes halogenated alkanes) is 1. The highest BCUT2D eigenvalue weighted by Gasteiger charge is 2.47. The minimum absolute atomic E-state index is 0.00258. The van der Waals surface area contributed by atoms with E-state index in [4.69, 9.17) is 0 Å². The van der Waals surface area contributed by atoms with Crippen molar-refractivity contribution in [2.45, 2.75) is 45.4 Å². The molecule has 6 heteroatoms. The largest absolute Gasteiger partial charge is 0.464 e. The Morgan fingerprint density at radius 2 is 1.81 bits per heavy atom. The van der Waals surface area contributed by atoms with E-state index < -0.39 is 18.2 Å². The van der Waals surface area contributed by atoms with Crippen molar-refractivity contribution in [2.24, 2.45) is 0 Å². The van der Waals surface area contributed by atoms with Crippen LogP contribution in [0.5, 0.6) is 0 Å². The molecule has 0 radical (unpaired) electrons. The number of hydrogen-bond acceptors (Lipinski definition) is 3. The van der Waals surface area contributed by atoms with Gasteiger partial charge in [-0.1, -0.05) is 20.3 Å². The first-order valence-corrected chi connectivity index (χ1v) is 5.28. The average Bonchev–Trinajstić information content (AvgIpc) is 2.16. The molecule has 0 heterocycles. The summed E-state index contributed by atoms with van der Waals surface area (Å²) in [4.78, 5) is 11.1. The second kappa shape index (κ2) is 7.49. The Morgan fingerprint density at radius 3 is 2.25 bits per heavy atom. The van der Waals surface area contributed by atoms with Gasteiger partial charge in [-0.2, -0.15) is 13.2 Å². The number of hydrogen-bond donors (Lipinski definition) is 0. The monoisotopic (exact) mass is 242 g/mol. The molecule has 0 bridgehead atoms. The highest BCUT2D eigenvalue weighted by atomic mass is 19.4. The van der Waals surface area contributed by atoms with Crippen molar-refractivity contribution in [1.29, 1.82) is 0 Å². The van der Waals surface area contributed by atoms with Gasteiger partial charge in [0.1, 0.15) is 0 Å². The number of alkyl halides is 3. The van der Waals surface area contributed by atoms with Crippen molar-refractivity contribution in [3.8, 4) is 0 Å². The molecule has 0 aromatic carbocycles. The molecule has 0 spiro atoms. The second-order valence-electron chi connectivity index (χ2n) is 3.31. The predicted molar refractivity (Wildman–Crippen MR) is 52.0 cm³/mol. The Balaban J connectivity index is 4.22. The molecule has 1 unspecified atom stereocenters. The van der Waals surface area contributed by atoms with Gasteiger partial charge in [0.2, 0.25) is 0 Å². The first-order valence-electron chi connectivity index (χ1n) is 5.28. The molecule has 0 aromatic heterocycles. The van der Waals surface area contributed by atoms with E-state index in [9.17, 15) is 18.0 Å². The fourth-order valence-electron chi connectivity index (χ4n) is 0.925. The van der Waals surface area contributed by atoms with Crippen LogP contribution in [0.3, 0.4) is 0 Å². The van der Waals surface area contributed by atoms with Crippen molar-refractivity contribution in [1.82, 2.24) is 0 Å². The first-order chi connectivity index (χ1) is 7.43. The van der Waals surface area contributed by atoms with Gasteiger partial charge in [0.15, 0.2) is 0 Å². The van der Waals surface area contributed by atoms with Gasteiger partial charge < -0.3 is 9.47 Å². The van der Waals surface area contributed by atoms with Gasteiger partial charge in [0, 0.05) is 6.61 Å². The van der Waals surface area contributed by atoms with E-state index in [0.29, 0.717) is 12.8 Å². The SMILES string of the molecule is CCCCOC(=O)C(OCCC)C(F)(F)F. The van der Waals surface area contributed by atoms with E-state index in [-0.39, 0.29) is 13.2 Å². The molecule has 3 nitrogen and oxygen atoms in total. The lowest BCUT2D eigenvalue weighted by Crippen LogP contribution is -2.40. The minimum atomic E-state index is -4.71. The third-order valence-electron chi connectivity index (χ3n) is 1.74. The van der Waals surface area contributed by atoms with E-state index in [0.717, 1.165) is 6.42 Å². The van der Waals surface area contributed by atoms with Crippen molar-refractivity contribution in [2.75, 3.05) is 13.2 Å². The van der Waals surface area contributed by atoms with Crippen molar-refractivity contribution < 1.29 is 27.4 Å². The fraction of sp³-hybridized carbons (Fsp3) is 0.900. The topological polar surface area (TPSA) is 35.5 Å². The fourth-order valence-corrected chi connectivity index (χ4v) is 0.925. The van der Waals surface area contributed by atoms with Crippen LogP contribution in [-0.2, 0) is 14.3 Å². The second-order valence-corrected chi connectivity index (χ2v) is 3.31. The van der Waals surface area contributed by atoms with Crippen LogP contribution < -0.4 is 0 Å². The number of carbonyl (C=O) groups excluding carboxylic acids is 1. The van der Waals surface area contributed by atoms with Crippen LogP contribution in [0.4, 0.5) is 13.2 Å². The van der Waals surface area contributed by atoms with Crippen LogP contribution in [0.15, 0.2) is 0 Å². The quantitative estimate of drug-likeness (QED) is 0.508. The maximum absolute atomic E-state index is 12.4. The minimum Gasteiger partial charge on any atom is -0.464 e. The summed E-state index contributed by atoms with van der Waals surface area (Å²) >= 11 is 0. The summed E-state index contributed by atoms with van der Waals surface area (Å²) in [5.41, 5.74) is 0. The summed E-state index contributed by atoms with van der Waals surface area (Å²) in [5, 5.41) is 0. The number of ether oxygens (including phenoxy) is 2. The molecule has 0 N–H and O–H groups in total. The smallest absolute Gasteiger partial charge is 0.425 e. The highest BCUT2D eigenvalue weighted by molar-refractivity contribution is 5.75. The molecule has 0 aliphatic heterocycles. The molecular weight excluding hydrogens is 225 g/mol.